The highest BCUT2D eigenvalue weighted by molar-refractivity contribution is 6.29. The highest BCUT2D eigenvalue weighted by atomic mass is 16.4. The molecule has 0 aliphatic carbocycles. The zero-order valence-electron chi connectivity index (χ0n) is 17.2. The zero-order chi connectivity index (χ0) is 22.1. The molecule has 3 aromatic rings. The predicted octanol–water partition coefficient (Wildman–Crippen LogP) is 4.18. The van der Waals surface area contributed by atoms with E-state index >= 15 is 0 Å². The Balaban J connectivity index is 1.60. The lowest BCUT2D eigenvalue weighted by Crippen LogP contribution is -2.22. The van der Waals surface area contributed by atoms with Crippen LogP contribution < -0.4 is 10.7 Å². The number of carbonyl (C=O) groups is 2. The summed E-state index contributed by atoms with van der Waals surface area (Å²) in [6.45, 7) is 4.27. The highest BCUT2D eigenvalue weighted by Crippen LogP contribution is 2.26. The van der Waals surface area contributed by atoms with Crippen molar-refractivity contribution in [3.05, 3.63) is 83.6 Å². The van der Waals surface area contributed by atoms with Crippen molar-refractivity contribution in [2.45, 2.75) is 19.9 Å². The van der Waals surface area contributed by atoms with Crippen molar-refractivity contribution in [3.8, 4) is 0 Å². The summed E-state index contributed by atoms with van der Waals surface area (Å²) in [4.78, 5) is 23.8. The van der Waals surface area contributed by atoms with E-state index in [2.05, 4.69) is 41.8 Å². The molecular weight excluding hydrogens is 392 g/mol. The molecule has 0 atom stereocenters. The van der Waals surface area contributed by atoms with Crippen LogP contribution in [0.4, 0.5) is 5.69 Å². The maximum Gasteiger partial charge on any atom is 0.335 e. The van der Waals surface area contributed by atoms with Gasteiger partial charge in [0.15, 0.2) is 5.84 Å². The van der Waals surface area contributed by atoms with Gasteiger partial charge in [0.05, 0.1) is 16.8 Å². The Hall–Kier alpha value is -4.13. The number of carboxylic acid groups (broad SMARTS) is 1. The van der Waals surface area contributed by atoms with Gasteiger partial charge in [-0.3, -0.25) is 4.79 Å². The lowest BCUT2D eigenvalue weighted by atomic mass is 10.1. The Morgan fingerprint density at radius 2 is 1.84 bits per heavy atom. The largest absolute Gasteiger partial charge is 0.478 e. The maximum absolute atomic E-state index is 12.8. The number of amides is 1. The number of nitrogens with two attached hydrogens (primary N) is 1. The third-order valence-corrected chi connectivity index (χ3v) is 5.13. The molecule has 1 aliphatic heterocycles. The number of hydrogen-bond acceptors (Lipinski definition) is 4. The Kier molecular flexibility index (Phi) is 5.17. The van der Waals surface area contributed by atoms with E-state index in [1.807, 2.05) is 18.2 Å². The minimum absolute atomic E-state index is 0.113. The number of para-hydroxylation sites is 1. The first-order valence-corrected chi connectivity index (χ1v) is 9.87. The van der Waals surface area contributed by atoms with Gasteiger partial charge in [0.1, 0.15) is 0 Å². The summed E-state index contributed by atoms with van der Waals surface area (Å²) >= 11 is 0. The van der Waals surface area contributed by atoms with Crippen LogP contribution in [0, 0.1) is 0 Å². The fraction of sp³-hybridized carbons (Fsp3) is 0.125. The SMILES string of the molecule is CC(C)n1cc(C=CC=C2C(=O)N(c3ccc(C(=O)O)cc3)N=C2N)c2ccccc21. The minimum Gasteiger partial charge on any atom is -0.478 e. The number of hydrazone groups is 1. The molecule has 2 aromatic carbocycles. The number of anilines is 1. The van der Waals surface area contributed by atoms with E-state index in [4.69, 9.17) is 10.8 Å². The second kappa shape index (κ2) is 7.95. The molecule has 3 N–H and O–H groups in total. The van der Waals surface area contributed by atoms with Crippen LogP contribution in [0.3, 0.4) is 0 Å². The van der Waals surface area contributed by atoms with Crippen molar-refractivity contribution >= 4 is 40.4 Å². The predicted molar refractivity (Wildman–Crippen MR) is 122 cm³/mol. The summed E-state index contributed by atoms with van der Waals surface area (Å²) in [6, 6.07) is 14.4. The Morgan fingerprint density at radius 1 is 1.13 bits per heavy atom. The molecule has 0 fully saturated rings. The van der Waals surface area contributed by atoms with Crippen molar-refractivity contribution in [2.24, 2.45) is 10.8 Å². The van der Waals surface area contributed by atoms with E-state index < -0.39 is 5.97 Å². The van der Waals surface area contributed by atoms with E-state index in [0.29, 0.717) is 11.7 Å². The Bertz CT molecular complexity index is 1260. The molecule has 0 spiro atoms. The molecule has 0 radical (unpaired) electrons. The summed E-state index contributed by atoms with van der Waals surface area (Å²) in [7, 11) is 0. The summed E-state index contributed by atoms with van der Waals surface area (Å²) in [6.07, 6.45) is 7.47. The number of carboxylic acids is 1. The smallest absolute Gasteiger partial charge is 0.335 e. The number of allylic oxidation sites excluding steroid dienone is 2. The van der Waals surface area contributed by atoms with Crippen LogP contribution in [-0.2, 0) is 4.79 Å². The van der Waals surface area contributed by atoms with Gasteiger partial charge in [0.25, 0.3) is 5.91 Å². The van der Waals surface area contributed by atoms with Gasteiger partial charge in [-0.1, -0.05) is 30.4 Å². The first kappa shape index (κ1) is 20.2. The van der Waals surface area contributed by atoms with Crippen LogP contribution in [0.25, 0.3) is 17.0 Å². The van der Waals surface area contributed by atoms with Crippen LogP contribution in [0.5, 0.6) is 0 Å². The number of hydrogen-bond donors (Lipinski definition) is 2. The molecule has 31 heavy (non-hydrogen) atoms. The molecular formula is C24H22N4O3. The molecule has 0 saturated carbocycles. The molecule has 4 rings (SSSR count). The van der Waals surface area contributed by atoms with Gasteiger partial charge in [-0.15, -0.1) is 5.10 Å². The number of rotatable bonds is 5. The zero-order valence-corrected chi connectivity index (χ0v) is 17.2. The average molecular weight is 414 g/mol. The quantitative estimate of drug-likeness (QED) is 0.612. The molecule has 7 heteroatoms. The second-order valence-electron chi connectivity index (χ2n) is 7.50. The molecule has 0 saturated heterocycles. The summed E-state index contributed by atoms with van der Waals surface area (Å²) in [5, 5.41) is 15.4. The van der Waals surface area contributed by atoms with Crippen molar-refractivity contribution in [3.63, 3.8) is 0 Å². The van der Waals surface area contributed by atoms with Gasteiger partial charge in [0.2, 0.25) is 0 Å². The third-order valence-electron chi connectivity index (χ3n) is 5.13. The minimum atomic E-state index is -1.04. The van der Waals surface area contributed by atoms with Crippen LogP contribution in [0.1, 0.15) is 35.8 Å². The van der Waals surface area contributed by atoms with Crippen LogP contribution >= 0.6 is 0 Å². The van der Waals surface area contributed by atoms with Gasteiger partial charge in [-0.2, -0.15) is 5.01 Å². The molecule has 1 amide bonds. The molecule has 2 heterocycles. The molecule has 7 nitrogen and oxygen atoms in total. The average Bonchev–Trinajstić information content (AvgIpc) is 3.26. The molecule has 0 unspecified atom stereocenters. The van der Waals surface area contributed by atoms with Crippen LogP contribution in [0.2, 0.25) is 0 Å². The van der Waals surface area contributed by atoms with E-state index in [0.717, 1.165) is 16.5 Å². The fourth-order valence-corrected chi connectivity index (χ4v) is 3.55. The number of aromatic nitrogens is 1. The molecule has 1 aromatic heterocycles. The highest BCUT2D eigenvalue weighted by Gasteiger charge is 2.29. The number of carbonyl (C=O) groups excluding carboxylic acids is 1. The lowest BCUT2D eigenvalue weighted by molar-refractivity contribution is -0.114. The number of aromatic carboxylic acids is 1. The number of amidine groups is 1. The number of nitrogens with zero attached hydrogens (tertiary/aromatic N) is 3. The first-order chi connectivity index (χ1) is 14.9. The Labute approximate surface area is 179 Å². The molecule has 0 bridgehead atoms. The van der Waals surface area contributed by atoms with Gasteiger partial charge in [0, 0.05) is 23.1 Å². The van der Waals surface area contributed by atoms with Gasteiger partial charge >= 0.3 is 5.97 Å². The second-order valence-corrected chi connectivity index (χ2v) is 7.50. The molecule has 1 aliphatic rings. The van der Waals surface area contributed by atoms with E-state index in [9.17, 15) is 9.59 Å². The van der Waals surface area contributed by atoms with Crippen molar-refractivity contribution in [2.75, 3.05) is 5.01 Å². The van der Waals surface area contributed by atoms with Crippen LogP contribution in [-0.4, -0.2) is 27.4 Å². The van der Waals surface area contributed by atoms with E-state index in [1.165, 1.54) is 29.3 Å². The number of fused-ring (bicyclic) bond motifs is 1. The van der Waals surface area contributed by atoms with E-state index in [-0.39, 0.29) is 22.9 Å². The van der Waals surface area contributed by atoms with Crippen molar-refractivity contribution in [1.29, 1.82) is 0 Å². The standard InChI is InChI=1S/C24H22N4O3/c1-15(2)27-14-17(19-7-3-4-9-21(19)27)6-5-8-20-22(25)26-28(23(20)29)18-12-10-16(11-13-18)24(30)31/h3-15H,1-2H3,(H2,25,26)(H,30,31). The van der Waals surface area contributed by atoms with Crippen molar-refractivity contribution < 1.29 is 14.7 Å². The Morgan fingerprint density at radius 3 is 2.52 bits per heavy atom. The van der Waals surface area contributed by atoms with Crippen LogP contribution in [0.15, 0.2) is 77.6 Å². The summed E-state index contributed by atoms with van der Waals surface area (Å²) < 4.78 is 2.21. The first-order valence-electron chi connectivity index (χ1n) is 9.87. The monoisotopic (exact) mass is 414 g/mol. The van der Waals surface area contributed by atoms with Crippen molar-refractivity contribution in [1.82, 2.24) is 4.57 Å². The summed E-state index contributed by atoms with van der Waals surface area (Å²) in [5.74, 6) is -1.29. The topological polar surface area (TPSA) is 101 Å². The van der Waals surface area contributed by atoms with Gasteiger partial charge < -0.3 is 15.4 Å². The third kappa shape index (κ3) is 3.73. The fourth-order valence-electron chi connectivity index (χ4n) is 3.55. The molecule has 156 valence electrons. The normalized spacial score (nSPS) is 15.6. The maximum atomic E-state index is 12.8. The lowest BCUT2D eigenvalue weighted by Gasteiger charge is -2.11. The van der Waals surface area contributed by atoms with Gasteiger partial charge in [-0.05, 0) is 55.8 Å². The van der Waals surface area contributed by atoms with Gasteiger partial charge in [-0.25, -0.2) is 4.79 Å². The number of benzene rings is 2. The summed E-state index contributed by atoms with van der Waals surface area (Å²) in [5.41, 5.74) is 9.04. The van der Waals surface area contributed by atoms with E-state index in [1.54, 1.807) is 12.2 Å².